The molecule has 0 bridgehead atoms. The Morgan fingerprint density at radius 2 is 1.86 bits per heavy atom. The van der Waals surface area contributed by atoms with E-state index in [4.69, 9.17) is 0 Å². The Morgan fingerprint density at radius 3 is 2.54 bits per heavy atom. The van der Waals surface area contributed by atoms with Gasteiger partial charge in [-0.05, 0) is 51.1 Å². The van der Waals surface area contributed by atoms with Crippen LogP contribution in [0.3, 0.4) is 0 Å². The van der Waals surface area contributed by atoms with Crippen LogP contribution >= 0.6 is 0 Å². The number of nitrogens with zero attached hydrogens (tertiary/aromatic N) is 2. The molecule has 3 rings (SSSR count). The summed E-state index contributed by atoms with van der Waals surface area (Å²) in [4.78, 5) is 17.3. The molecule has 1 saturated heterocycles. The van der Waals surface area contributed by atoms with Crippen LogP contribution in [0.2, 0.25) is 0 Å². The fourth-order valence-electron chi connectivity index (χ4n) is 4.53. The van der Waals surface area contributed by atoms with Crippen molar-refractivity contribution < 1.29 is 9.90 Å². The molecule has 1 aromatic carbocycles. The maximum atomic E-state index is 12.7. The molecule has 1 aromatic rings. The Morgan fingerprint density at radius 1 is 1.18 bits per heavy atom. The maximum Gasteiger partial charge on any atom is 0.237 e. The number of carbonyl (C=O) groups excluding carboxylic acids is 1. The van der Waals surface area contributed by atoms with E-state index in [0.717, 1.165) is 58.3 Å². The van der Waals surface area contributed by atoms with E-state index in [9.17, 15) is 9.90 Å². The molecule has 0 spiro atoms. The number of nitrogens with one attached hydrogen (secondary N) is 1. The van der Waals surface area contributed by atoms with Gasteiger partial charge in [-0.25, -0.2) is 0 Å². The quantitative estimate of drug-likeness (QED) is 0.755. The molecule has 1 amide bonds. The molecule has 2 aliphatic rings. The van der Waals surface area contributed by atoms with E-state index in [1.54, 1.807) is 0 Å². The van der Waals surface area contributed by atoms with Crippen molar-refractivity contribution in [3.05, 3.63) is 35.9 Å². The van der Waals surface area contributed by atoms with Crippen molar-refractivity contribution in [1.82, 2.24) is 15.1 Å². The van der Waals surface area contributed by atoms with Crippen molar-refractivity contribution in [2.45, 2.75) is 70.2 Å². The largest absolute Gasteiger partial charge is 0.393 e. The van der Waals surface area contributed by atoms with Gasteiger partial charge in [0, 0.05) is 32.2 Å². The SMILES string of the molecule is C[C@H](C(=O)NC1CCN(Cc2ccccc2)CC1)N(C)C[C@H]1CCCC[C@@H]1O. The van der Waals surface area contributed by atoms with Gasteiger partial charge in [-0.3, -0.25) is 14.6 Å². The third kappa shape index (κ3) is 6.03. The minimum Gasteiger partial charge on any atom is -0.393 e. The lowest BCUT2D eigenvalue weighted by Crippen LogP contribution is -2.51. The molecule has 5 nitrogen and oxygen atoms in total. The van der Waals surface area contributed by atoms with Gasteiger partial charge < -0.3 is 10.4 Å². The number of benzene rings is 1. The first-order valence-electron chi connectivity index (χ1n) is 11.0. The van der Waals surface area contributed by atoms with E-state index in [-0.39, 0.29) is 24.1 Å². The average molecular weight is 388 g/mol. The van der Waals surface area contributed by atoms with Crippen LogP contribution in [0.15, 0.2) is 30.3 Å². The first kappa shape index (κ1) is 21.3. The Labute approximate surface area is 170 Å². The van der Waals surface area contributed by atoms with Crippen molar-refractivity contribution in [3.63, 3.8) is 0 Å². The van der Waals surface area contributed by atoms with Crippen molar-refractivity contribution in [3.8, 4) is 0 Å². The molecule has 5 heteroatoms. The summed E-state index contributed by atoms with van der Waals surface area (Å²) in [5.74, 6) is 0.421. The fourth-order valence-corrected chi connectivity index (χ4v) is 4.53. The minimum atomic E-state index is -0.208. The average Bonchev–Trinajstić information content (AvgIpc) is 2.71. The van der Waals surface area contributed by atoms with E-state index in [1.165, 1.54) is 12.0 Å². The van der Waals surface area contributed by atoms with E-state index in [1.807, 2.05) is 14.0 Å². The van der Waals surface area contributed by atoms with Crippen molar-refractivity contribution in [2.75, 3.05) is 26.7 Å². The van der Waals surface area contributed by atoms with Crippen LogP contribution in [0.1, 0.15) is 51.0 Å². The minimum absolute atomic E-state index is 0.120. The van der Waals surface area contributed by atoms with Crippen molar-refractivity contribution in [2.24, 2.45) is 5.92 Å². The Balaban J connectivity index is 1.39. The summed E-state index contributed by atoms with van der Waals surface area (Å²) in [7, 11) is 2.01. The zero-order valence-electron chi connectivity index (χ0n) is 17.5. The normalized spacial score (nSPS) is 25.6. The molecule has 3 atom stereocenters. The number of amides is 1. The molecule has 28 heavy (non-hydrogen) atoms. The van der Waals surface area contributed by atoms with Crippen LogP contribution in [-0.4, -0.2) is 65.7 Å². The summed E-state index contributed by atoms with van der Waals surface area (Å²) in [5, 5.41) is 13.5. The van der Waals surface area contributed by atoms with E-state index in [0.29, 0.717) is 5.92 Å². The molecule has 0 radical (unpaired) electrons. The topological polar surface area (TPSA) is 55.8 Å². The Kier molecular flexibility index (Phi) is 7.89. The maximum absolute atomic E-state index is 12.7. The molecule has 156 valence electrons. The first-order chi connectivity index (χ1) is 13.5. The van der Waals surface area contributed by atoms with E-state index in [2.05, 4.69) is 45.4 Å². The highest BCUT2D eigenvalue weighted by atomic mass is 16.3. The highest BCUT2D eigenvalue weighted by Gasteiger charge is 2.29. The highest BCUT2D eigenvalue weighted by Crippen LogP contribution is 2.25. The number of rotatable bonds is 7. The lowest BCUT2D eigenvalue weighted by molar-refractivity contribution is -0.127. The summed E-state index contributed by atoms with van der Waals surface area (Å²) in [5.41, 5.74) is 1.35. The number of hydrogen-bond acceptors (Lipinski definition) is 4. The van der Waals surface area contributed by atoms with Crippen LogP contribution in [0, 0.1) is 5.92 Å². The molecule has 1 heterocycles. The van der Waals surface area contributed by atoms with Gasteiger partial charge >= 0.3 is 0 Å². The summed E-state index contributed by atoms with van der Waals surface area (Å²) >= 11 is 0. The van der Waals surface area contributed by atoms with Gasteiger partial charge in [0.2, 0.25) is 5.91 Å². The van der Waals surface area contributed by atoms with Gasteiger partial charge in [0.05, 0.1) is 12.1 Å². The standard InChI is InChI=1S/C23H37N3O2/c1-18(25(2)17-20-10-6-7-11-22(20)27)23(28)24-21-12-14-26(15-13-21)16-19-8-4-3-5-9-19/h3-5,8-9,18,20-22,27H,6-7,10-17H2,1-2H3,(H,24,28)/t18-,20-,22+/m1/s1. The molecule has 1 aliphatic carbocycles. The predicted octanol–water partition coefficient (Wildman–Crippen LogP) is 2.64. The van der Waals surface area contributed by atoms with Crippen molar-refractivity contribution in [1.29, 1.82) is 0 Å². The summed E-state index contributed by atoms with van der Waals surface area (Å²) < 4.78 is 0. The third-order valence-corrected chi connectivity index (χ3v) is 6.62. The Hall–Kier alpha value is -1.43. The lowest BCUT2D eigenvalue weighted by Gasteiger charge is -2.35. The van der Waals surface area contributed by atoms with Crippen LogP contribution in [-0.2, 0) is 11.3 Å². The fraction of sp³-hybridized carbons (Fsp3) is 0.696. The second-order valence-corrected chi connectivity index (χ2v) is 8.77. The number of likely N-dealkylation sites (N-methyl/N-ethyl adjacent to an activating group) is 1. The second kappa shape index (κ2) is 10.4. The van der Waals surface area contributed by atoms with Gasteiger partial charge in [0.15, 0.2) is 0 Å². The van der Waals surface area contributed by atoms with Crippen LogP contribution in [0.25, 0.3) is 0 Å². The summed E-state index contributed by atoms with van der Waals surface area (Å²) in [6.07, 6.45) is 6.10. The highest BCUT2D eigenvalue weighted by molar-refractivity contribution is 5.81. The van der Waals surface area contributed by atoms with Crippen molar-refractivity contribution >= 4 is 5.91 Å². The molecule has 1 saturated carbocycles. The Bertz CT molecular complexity index is 601. The summed E-state index contributed by atoms with van der Waals surface area (Å²) in [6.45, 7) is 5.82. The molecule has 0 aromatic heterocycles. The van der Waals surface area contributed by atoms with Crippen LogP contribution < -0.4 is 5.32 Å². The molecular weight excluding hydrogens is 350 g/mol. The second-order valence-electron chi connectivity index (χ2n) is 8.77. The summed E-state index contributed by atoms with van der Waals surface area (Å²) in [6, 6.07) is 10.7. The zero-order chi connectivity index (χ0) is 19.9. The first-order valence-corrected chi connectivity index (χ1v) is 11.0. The van der Waals surface area contributed by atoms with Gasteiger partial charge in [-0.1, -0.05) is 43.2 Å². The zero-order valence-corrected chi connectivity index (χ0v) is 17.5. The number of aliphatic hydroxyl groups is 1. The van der Waals surface area contributed by atoms with Gasteiger partial charge in [-0.15, -0.1) is 0 Å². The number of aliphatic hydroxyl groups excluding tert-OH is 1. The van der Waals surface area contributed by atoms with Gasteiger partial charge in [0.25, 0.3) is 0 Å². The molecule has 1 aliphatic heterocycles. The molecule has 0 unspecified atom stereocenters. The van der Waals surface area contributed by atoms with Gasteiger partial charge in [0.1, 0.15) is 0 Å². The van der Waals surface area contributed by atoms with Crippen LogP contribution in [0.5, 0.6) is 0 Å². The smallest absolute Gasteiger partial charge is 0.237 e. The predicted molar refractivity (Wildman–Crippen MR) is 113 cm³/mol. The van der Waals surface area contributed by atoms with Gasteiger partial charge in [-0.2, -0.15) is 0 Å². The van der Waals surface area contributed by atoms with Crippen LogP contribution in [0.4, 0.5) is 0 Å². The monoisotopic (exact) mass is 387 g/mol. The number of hydrogen-bond donors (Lipinski definition) is 2. The number of carbonyl (C=O) groups is 1. The number of likely N-dealkylation sites (tertiary alicyclic amines) is 1. The molecule has 2 N–H and O–H groups in total. The molecular formula is C23H37N3O2. The van der Waals surface area contributed by atoms with E-state index >= 15 is 0 Å². The van der Waals surface area contributed by atoms with E-state index < -0.39 is 0 Å². The number of piperidine rings is 1. The third-order valence-electron chi connectivity index (χ3n) is 6.62. The lowest BCUT2D eigenvalue weighted by atomic mass is 9.86. The molecule has 2 fully saturated rings.